The lowest BCUT2D eigenvalue weighted by atomic mass is 9.92. The molecule has 0 unspecified atom stereocenters. The van der Waals surface area contributed by atoms with Crippen molar-refractivity contribution in [3.8, 4) is 0 Å². The molecule has 1 heterocycles. The Balaban J connectivity index is 2.03. The van der Waals surface area contributed by atoms with Gasteiger partial charge in [0.15, 0.2) is 0 Å². The van der Waals surface area contributed by atoms with Crippen LogP contribution in [0, 0.1) is 0 Å². The Hall–Kier alpha value is -2.28. The van der Waals surface area contributed by atoms with E-state index in [-0.39, 0.29) is 24.7 Å². The number of nitrogens with one attached hydrogen (secondary N) is 1. The summed E-state index contributed by atoms with van der Waals surface area (Å²) in [4.78, 5) is 23.1. The van der Waals surface area contributed by atoms with Crippen LogP contribution in [0.25, 0.3) is 0 Å². The molecular weight excluding hydrogens is 302 g/mol. The van der Waals surface area contributed by atoms with Crippen LogP contribution in [0.2, 0.25) is 0 Å². The normalized spacial score (nSPS) is 11.9. The number of nitrogens with zero attached hydrogens (tertiary/aromatic N) is 2. The molecule has 116 valence electrons. The molecule has 2 N–H and O–H groups in total. The van der Waals surface area contributed by atoms with Crippen LogP contribution in [0.4, 0.5) is 5.13 Å². The zero-order chi connectivity index (χ0) is 15.9. The summed E-state index contributed by atoms with van der Waals surface area (Å²) >= 11 is 1.33. The maximum Gasteiger partial charge on any atom is 0.303 e. The first-order valence-corrected chi connectivity index (χ1v) is 7.79. The van der Waals surface area contributed by atoms with Crippen LogP contribution in [0.5, 0.6) is 0 Å². The van der Waals surface area contributed by atoms with E-state index in [0.29, 0.717) is 5.13 Å². The van der Waals surface area contributed by atoms with Crippen LogP contribution < -0.4 is 5.32 Å². The van der Waals surface area contributed by atoms with Gasteiger partial charge in [0, 0.05) is 12.3 Å². The van der Waals surface area contributed by atoms with Gasteiger partial charge in [0.1, 0.15) is 5.01 Å². The van der Waals surface area contributed by atoms with Gasteiger partial charge in [-0.15, -0.1) is 10.2 Å². The Morgan fingerprint density at radius 2 is 1.95 bits per heavy atom. The molecule has 0 fully saturated rings. The minimum absolute atomic E-state index is 0.0895. The molecular formula is C15H17N3O3S. The predicted molar refractivity (Wildman–Crippen MR) is 84.0 cm³/mol. The highest BCUT2D eigenvalue weighted by molar-refractivity contribution is 7.15. The number of benzene rings is 1. The summed E-state index contributed by atoms with van der Waals surface area (Å²) in [6, 6.07) is 9.19. The van der Waals surface area contributed by atoms with E-state index in [2.05, 4.69) is 15.5 Å². The standard InChI is InChI=1S/C15H17N3O3S/c1-2-13-17-18-15(22-13)16-12(19)8-11(9-14(20)21)10-6-4-3-5-7-10/h3-7,11H,2,8-9H2,1H3,(H,20,21)(H,16,18,19)/t11-/m0/s1. The van der Waals surface area contributed by atoms with Gasteiger partial charge < -0.3 is 10.4 Å². The Bertz CT molecular complexity index is 642. The maximum atomic E-state index is 12.1. The number of amides is 1. The first-order chi connectivity index (χ1) is 10.6. The molecule has 0 spiro atoms. The fourth-order valence-electron chi connectivity index (χ4n) is 2.08. The van der Waals surface area contributed by atoms with Crippen LogP contribution in [-0.4, -0.2) is 27.2 Å². The number of carbonyl (C=O) groups excluding carboxylic acids is 1. The SMILES string of the molecule is CCc1nnc(NC(=O)C[C@@H](CC(=O)O)c2ccccc2)s1. The summed E-state index contributed by atoms with van der Waals surface area (Å²) in [5, 5.41) is 20.8. The molecule has 22 heavy (non-hydrogen) atoms. The van der Waals surface area contributed by atoms with Crippen molar-refractivity contribution in [2.45, 2.75) is 32.1 Å². The zero-order valence-electron chi connectivity index (χ0n) is 12.2. The number of carbonyl (C=O) groups is 2. The molecule has 2 rings (SSSR count). The van der Waals surface area contributed by atoms with Crippen LogP contribution >= 0.6 is 11.3 Å². The van der Waals surface area contributed by atoms with Gasteiger partial charge in [-0.3, -0.25) is 9.59 Å². The van der Waals surface area contributed by atoms with Gasteiger partial charge in [0.2, 0.25) is 11.0 Å². The quantitative estimate of drug-likeness (QED) is 0.818. The van der Waals surface area contributed by atoms with E-state index in [9.17, 15) is 9.59 Å². The van der Waals surface area contributed by atoms with Gasteiger partial charge in [-0.1, -0.05) is 48.6 Å². The van der Waals surface area contributed by atoms with Crippen molar-refractivity contribution in [3.63, 3.8) is 0 Å². The molecule has 7 heteroatoms. The minimum atomic E-state index is -0.925. The number of hydrogen-bond donors (Lipinski definition) is 2. The lowest BCUT2D eigenvalue weighted by Crippen LogP contribution is -2.17. The van der Waals surface area contributed by atoms with Crippen LogP contribution in [-0.2, 0) is 16.0 Å². The van der Waals surface area contributed by atoms with Crippen molar-refractivity contribution < 1.29 is 14.7 Å². The second kappa shape index (κ2) is 7.65. The van der Waals surface area contributed by atoms with E-state index in [0.717, 1.165) is 17.0 Å². The Morgan fingerprint density at radius 1 is 1.23 bits per heavy atom. The van der Waals surface area contributed by atoms with Crippen molar-refractivity contribution in [3.05, 3.63) is 40.9 Å². The summed E-state index contributed by atoms with van der Waals surface area (Å²) in [6.45, 7) is 1.96. The molecule has 0 bridgehead atoms. The molecule has 0 aliphatic rings. The third-order valence-corrected chi connectivity index (χ3v) is 4.12. The van der Waals surface area contributed by atoms with Crippen molar-refractivity contribution >= 4 is 28.3 Å². The number of hydrogen-bond acceptors (Lipinski definition) is 5. The molecule has 6 nitrogen and oxygen atoms in total. The molecule has 1 aromatic heterocycles. The lowest BCUT2D eigenvalue weighted by molar-refractivity contribution is -0.137. The number of carboxylic acids is 1. The summed E-state index contributed by atoms with van der Waals surface area (Å²) in [5.41, 5.74) is 0.839. The van der Waals surface area contributed by atoms with Crippen molar-refractivity contribution in [2.75, 3.05) is 5.32 Å². The first kappa shape index (κ1) is 16.1. The van der Waals surface area contributed by atoms with E-state index in [1.165, 1.54) is 11.3 Å². The minimum Gasteiger partial charge on any atom is -0.481 e. The van der Waals surface area contributed by atoms with Crippen molar-refractivity contribution in [2.24, 2.45) is 0 Å². The zero-order valence-corrected chi connectivity index (χ0v) is 13.0. The molecule has 0 aliphatic heterocycles. The number of aryl methyl sites for hydroxylation is 1. The molecule has 0 aliphatic carbocycles. The lowest BCUT2D eigenvalue weighted by Gasteiger charge is -2.14. The molecule has 0 saturated carbocycles. The topological polar surface area (TPSA) is 92.2 Å². The average Bonchev–Trinajstić information content (AvgIpc) is 2.94. The van der Waals surface area contributed by atoms with Crippen LogP contribution in [0.1, 0.15) is 36.3 Å². The number of rotatable bonds is 7. The van der Waals surface area contributed by atoms with E-state index >= 15 is 0 Å². The van der Waals surface area contributed by atoms with E-state index < -0.39 is 5.97 Å². The average molecular weight is 319 g/mol. The highest BCUT2D eigenvalue weighted by Crippen LogP contribution is 2.24. The van der Waals surface area contributed by atoms with Gasteiger partial charge in [-0.05, 0) is 12.0 Å². The highest BCUT2D eigenvalue weighted by atomic mass is 32.1. The van der Waals surface area contributed by atoms with Gasteiger partial charge in [0.05, 0.1) is 6.42 Å². The number of aromatic nitrogens is 2. The van der Waals surface area contributed by atoms with Crippen molar-refractivity contribution in [1.29, 1.82) is 0 Å². The second-order valence-corrected chi connectivity index (χ2v) is 5.87. The second-order valence-electron chi connectivity index (χ2n) is 4.81. The van der Waals surface area contributed by atoms with E-state index in [4.69, 9.17) is 5.11 Å². The summed E-state index contributed by atoms with van der Waals surface area (Å²) in [7, 11) is 0. The van der Waals surface area contributed by atoms with Gasteiger partial charge >= 0.3 is 5.97 Å². The van der Waals surface area contributed by atoms with Crippen molar-refractivity contribution in [1.82, 2.24) is 10.2 Å². The monoisotopic (exact) mass is 319 g/mol. The largest absolute Gasteiger partial charge is 0.481 e. The molecule has 1 amide bonds. The fourth-order valence-corrected chi connectivity index (χ4v) is 2.78. The Kier molecular flexibility index (Phi) is 5.60. The summed E-state index contributed by atoms with van der Waals surface area (Å²) in [6.07, 6.45) is 0.768. The van der Waals surface area contributed by atoms with Gasteiger partial charge in [-0.2, -0.15) is 0 Å². The molecule has 0 saturated heterocycles. The predicted octanol–water partition coefficient (Wildman–Crippen LogP) is 2.69. The molecule has 1 atom stereocenters. The third kappa shape index (κ3) is 4.63. The number of carboxylic acid groups (broad SMARTS) is 1. The fraction of sp³-hybridized carbons (Fsp3) is 0.333. The van der Waals surface area contributed by atoms with Crippen LogP contribution in [0.15, 0.2) is 30.3 Å². The first-order valence-electron chi connectivity index (χ1n) is 6.97. The van der Waals surface area contributed by atoms with Gasteiger partial charge in [-0.25, -0.2) is 0 Å². The third-order valence-electron chi connectivity index (χ3n) is 3.14. The Labute approximate surface area is 132 Å². The maximum absolute atomic E-state index is 12.1. The van der Waals surface area contributed by atoms with Gasteiger partial charge in [0.25, 0.3) is 0 Å². The smallest absolute Gasteiger partial charge is 0.303 e. The summed E-state index contributed by atoms with van der Waals surface area (Å²) in [5.74, 6) is -1.54. The van der Waals surface area contributed by atoms with E-state index in [1.807, 2.05) is 37.3 Å². The Morgan fingerprint density at radius 3 is 2.55 bits per heavy atom. The van der Waals surface area contributed by atoms with Crippen LogP contribution in [0.3, 0.4) is 0 Å². The highest BCUT2D eigenvalue weighted by Gasteiger charge is 2.20. The molecule has 1 aromatic carbocycles. The number of anilines is 1. The molecule has 0 radical (unpaired) electrons. The summed E-state index contributed by atoms with van der Waals surface area (Å²) < 4.78 is 0. The number of aliphatic carboxylic acids is 1. The van der Waals surface area contributed by atoms with E-state index in [1.54, 1.807) is 0 Å². The molecule has 2 aromatic rings.